The van der Waals surface area contributed by atoms with Gasteiger partial charge in [-0.05, 0) is 48.7 Å². The average Bonchev–Trinajstić information content (AvgIpc) is 2.78. The number of hydrogen-bond acceptors (Lipinski definition) is 5. The molecule has 1 amide bonds. The van der Waals surface area contributed by atoms with Gasteiger partial charge in [0.2, 0.25) is 5.95 Å². The van der Waals surface area contributed by atoms with E-state index < -0.39 is 17.9 Å². The van der Waals surface area contributed by atoms with Gasteiger partial charge in [0.05, 0.1) is 10.6 Å². The van der Waals surface area contributed by atoms with E-state index in [1.54, 1.807) is 49.7 Å². The number of amides is 1. The summed E-state index contributed by atoms with van der Waals surface area (Å²) in [5.74, 6) is -1.04. The van der Waals surface area contributed by atoms with Crippen LogP contribution in [0.25, 0.3) is 6.08 Å². The Labute approximate surface area is 191 Å². The Balaban J connectivity index is 1.64. The summed E-state index contributed by atoms with van der Waals surface area (Å²) in [6.07, 6.45) is 7.02. The van der Waals surface area contributed by atoms with Gasteiger partial charge in [-0.15, -0.1) is 0 Å². The molecule has 0 saturated carbocycles. The van der Waals surface area contributed by atoms with E-state index in [1.807, 2.05) is 42.3 Å². The maximum atomic E-state index is 12.6. The molecule has 0 aliphatic rings. The van der Waals surface area contributed by atoms with Gasteiger partial charge >= 0.3 is 5.97 Å². The summed E-state index contributed by atoms with van der Waals surface area (Å²) < 4.78 is 0. The summed E-state index contributed by atoms with van der Waals surface area (Å²) >= 11 is 6.11. The van der Waals surface area contributed by atoms with Crippen LogP contribution in [0.4, 0.5) is 11.6 Å². The summed E-state index contributed by atoms with van der Waals surface area (Å²) in [6, 6.07) is 13.4. The molecule has 8 heteroatoms. The van der Waals surface area contributed by atoms with Crippen LogP contribution < -0.4 is 10.2 Å². The highest BCUT2D eigenvalue weighted by molar-refractivity contribution is 6.34. The van der Waals surface area contributed by atoms with Crippen molar-refractivity contribution in [2.75, 3.05) is 11.9 Å². The third-order valence-corrected chi connectivity index (χ3v) is 5.18. The lowest BCUT2D eigenvalue weighted by atomic mass is 10.1. The molecule has 0 saturated heterocycles. The van der Waals surface area contributed by atoms with E-state index in [0.717, 1.165) is 11.3 Å². The Kier molecular flexibility index (Phi) is 7.57. The van der Waals surface area contributed by atoms with E-state index in [1.165, 1.54) is 0 Å². The molecular formula is C24H23ClN4O3. The van der Waals surface area contributed by atoms with Crippen LogP contribution in [0, 0.1) is 6.92 Å². The van der Waals surface area contributed by atoms with Crippen molar-refractivity contribution in [3.05, 3.63) is 88.7 Å². The van der Waals surface area contributed by atoms with Crippen LogP contribution in [-0.2, 0) is 4.79 Å². The number of benzene rings is 2. The van der Waals surface area contributed by atoms with Gasteiger partial charge in [0.15, 0.2) is 0 Å². The Morgan fingerprint density at radius 2 is 1.81 bits per heavy atom. The molecule has 1 unspecified atom stereocenters. The van der Waals surface area contributed by atoms with Crippen LogP contribution in [0.2, 0.25) is 5.02 Å². The molecule has 0 aliphatic heterocycles. The zero-order valence-corrected chi connectivity index (χ0v) is 18.5. The van der Waals surface area contributed by atoms with Crippen LogP contribution in [0.1, 0.15) is 27.9 Å². The van der Waals surface area contributed by atoms with E-state index >= 15 is 0 Å². The van der Waals surface area contributed by atoms with Crippen LogP contribution in [0.5, 0.6) is 0 Å². The number of aromatic nitrogens is 2. The first kappa shape index (κ1) is 23.0. The Morgan fingerprint density at radius 1 is 1.12 bits per heavy atom. The molecule has 2 N–H and O–H groups in total. The van der Waals surface area contributed by atoms with Gasteiger partial charge in [0.25, 0.3) is 5.91 Å². The summed E-state index contributed by atoms with van der Waals surface area (Å²) in [4.78, 5) is 34.5. The van der Waals surface area contributed by atoms with Crippen molar-refractivity contribution in [3.63, 3.8) is 0 Å². The van der Waals surface area contributed by atoms with Gasteiger partial charge in [0, 0.05) is 25.1 Å². The zero-order chi connectivity index (χ0) is 23.1. The molecule has 1 atom stereocenters. The second-order valence-corrected chi connectivity index (χ2v) is 7.54. The fourth-order valence-corrected chi connectivity index (χ4v) is 3.41. The number of carbonyl (C=O) groups is 2. The predicted octanol–water partition coefficient (Wildman–Crippen LogP) is 4.49. The van der Waals surface area contributed by atoms with Gasteiger partial charge < -0.3 is 15.3 Å². The number of nitrogens with zero attached hydrogens (tertiary/aromatic N) is 3. The molecule has 3 rings (SSSR count). The molecule has 3 aromatic rings. The topological polar surface area (TPSA) is 95.4 Å². The SMILES string of the molecule is Cc1cccc(Cl)c1C(=O)NC(CC=Cc1ccc(N(C)c2ncccn2)cc1)C(=O)O. The number of rotatable bonds is 8. The van der Waals surface area contributed by atoms with Gasteiger partial charge in [-0.1, -0.05) is 48.0 Å². The van der Waals surface area contributed by atoms with Crippen LogP contribution in [0.15, 0.2) is 67.0 Å². The fourth-order valence-electron chi connectivity index (χ4n) is 3.10. The molecular weight excluding hydrogens is 428 g/mol. The molecule has 0 radical (unpaired) electrons. The van der Waals surface area contributed by atoms with Crippen molar-refractivity contribution in [2.24, 2.45) is 0 Å². The van der Waals surface area contributed by atoms with Gasteiger partial charge in [-0.2, -0.15) is 0 Å². The lowest BCUT2D eigenvalue weighted by Crippen LogP contribution is -2.40. The third-order valence-electron chi connectivity index (χ3n) is 4.87. The number of carboxylic acids is 1. The second-order valence-electron chi connectivity index (χ2n) is 7.13. The number of carboxylic acid groups (broad SMARTS) is 1. The highest BCUT2D eigenvalue weighted by Crippen LogP contribution is 2.21. The molecule has 0 aliphatic carbocycles. The van der Waals surface area contributed by atoms with E-state index in [9.17, 15) is 14.7 Å². The largest absolute Gasteiger partial charge is 0.480 e. The third kappa shape index (κ3) is 5.70. The molecule has 7 nitrogen and oxygen atoms in total. The monoisotopic (exact) mass is 450 g/mol. The minimum absolute atomic E-state index is 0.129. The average molecular weight is 451 g/mol. The number of halogens is 1. The van der Waals surface area contributed by atoms with Crippen molar-refractivity contribution < 1.29 is 14.7 Å². The minimum Gasteiger partial charge on any atom is -0.480 e. The molecule has 164 valence electrons. The normalized spacial score (nSPS) is 11.8. The fraction of sp³-hybridized carbons (Fsp3) is 0.167. The first-order chi connectivity index (χ1) is 15.4. The lowest BCUT2D eigenvalue weighted by Gasteiger charge is -2.16. The van der Waals surface area contributed by atoms with Gasteiger partial charge in [0.1, 0.15) is 6.04 Å². The summed E-state index contributed by atoms with van der Waals surface area (Å²) in [7, 11) is 1.88. The van der Waals surface area contributed by atoms with Gasteiger partial charge in [-0.3, -0.25) is 4.79 Å². The highest BCUT2D eigenvalue weighted by Gasteiger charge is 2.21. The van der Waals surface area contributed by atoms with Crippen molar-refractivity contribution in [1.82, 2.24) is 15.3 Å². The first-order valence-electron chi connectivity index (χ1n) is 9.93. The first-order valence-corrected chi connectivity index (χ1v) is 10.3. The smallest absolute Gasteiger partial charge is 0.326 e. The highest BCUT2D eigenvalue weighted by atomic mass is 35.5. The van der Waals surface area contributed by atoms with Gasteiger partial charge in [-0.25, -0.2) is 14.8 Å². The summed E-state index contributed by atoms with van der Waals surface area (Å²) in [5, 5.41) is 12.3. The number of carbonyl (C=O) groups excluding carboxylic acids is 1. The molecule has 1 heterocycles. The van der Waals surface area contributed by atoms with Crippen molar-refractivity contribution in [1.29, 1.82) is 0 Å². The molecule has 2 aromatic carbocycles. The Bertz CT molecular complexity index is 1100. The number of anilines is 2. The second kappa shape index (κ2) is 10.5. The van der Waals surface area contributed by atoms with Crippen LogP contribution in [0.3, 0.4) is 0 Å². The molecule has 0 spiro atoms. The van der Waals surface area contributed by atoms with Crippen LogP contribution >= 0.6 is 11.6 Å². The number of aryl methyl sites for hydroxylation is 1. The molecule has 32 heavy (non-hydrogen) atoms. The molecule has 0 fully saturated rings. The lowest BCUT2D eigenvalue weighted by molar-refractivity contribution is -0.139. The van der Waals surface area contributed by atoms with Crippen LogP contribution in [-0.4, -0.2) is 40.0 Å². The summed E-state index contributed by atoms with van der Waals surface area (Å²) in [5.41, 5.74) is 2.78. The standard InChI is InChI=1S/C24H23ClN4O3/c1-16-6-3-8-19(25)21(16)22(30)28-20(23(31)32)9-4-7-17-10-12-18(13-11-17)29(2)24-26-14-5-15-27-24/h3-8,10-15,20H,9H2,1-2H3,(H,28,30)(H,31,32). The number of aliphatic carboxylic acids is 1. The Morgan fingerprint density at radius 3 is 2.44 bits per heavy atom. The van der Waals surface area contributed by atoms with E-state index in [2.05, 4.69) is 15.3 Å². The van der Waals surface area contributed by atoms with Crippen molar-refractivity contribution in [3.8, 4) is 0 Å². The van der Waals surface area contributed by atoms with Crippen molar-refractivity contribution in [2.45, 2.75) is 19.4 Å². The number of hydrogen-bond donors (Lipinski definition) is 2. The maximum absolute atomic E-state index is 12.6. The number of nitrogens with one attached hydrogen (secondary N) is 1. The maximum Gasteiger partial charge on any atom is 0.326 e. The van der Waals surface area contributed by atoms with E-state index in [0.29, 0.717) is 11.5 Å². The van der Waals surface area contributed by atoms with E-state index in [-0.39, 0.29) is 17.0 Å². The molecule has 1 aromatic heterocycles. The minimum atomic E-state index is -1.12. The summed E-state index contributed by atoms with van der Waals surface area (Å²) in [6.45, 7) is 1.75. The van der Waals surface area contributed by atoms with E-state index in [4.69, 9.17) is 11.6 Å². The molecule has 0 bridgehead atoms. The van der Waals surface area contributed by atoms with Crippen molar-refractivity contribution >= 4 is 41.2 Å². The predicted molar refractivity (Wildman–Crippen MR) is 125 cm³/mol. The Hall–Kier alpha value is -3.71. The zero-order valence-electron chi connectivity index (χ0n) is 17.7. The quantitative estimate of drug-likeness (QED) is 0.525.